The zero-order valence-corrected chi connectivity index (χ0v) is 21.3. The second-order valence-electron chi connectivity index (χ2n) is 7.48. The van der Waals surface area contributed by atoms with Crippen molar-refractivity contribution in [1.82, 2.24) is 9.88 Å². The second kappa shape index (κ2) is 8.80. The van der Waals surface area contributed by atoms with Gasteiger partial charge in [0.05, 0.1) is 5.69 Å². The van der Waals surface area contributed by atoms with Gasteiger partial charge in [-0.25, -0.2) is 0 Å². The zero-order valence-electron chi connectivity index (χ0n) is 17.6. The summed E-state index contributed by atoms with van der Waals surface area (Å²) in [7, 11) is 0. The van der Waals surface area contributed by atoms with Crippen LogP contribution in [0, 0.1) is 24.3 Å². The van der Waals surface area contributed by atoms with E-state index in [-0.39, 0.29) is 10.7 Å². The van der Waals surface area contributed by atoms with Gasteiger partial charge in [0.25, 0.3) is 11.8 Å². The van der Waals surface area contributed by atoms with E-state index in [0.717, 1.165) is 26.2 Å². The number of benzene rings is 2. The minimum absolute atomic E-state index is 0.0147. The Kier molecular flexibility index (Phi) is 6.24. The Morgan fingerprint density at radius 2 is 1.78 bits per heavy atom. The summed E-state index contributed by atoms with van der Waals surface area (Å²) in [5.74, 6) is -1.00. The quantitative estimate of drug-likeness (QED) is 0.194. The van der Waals surface area contributed by atoms with Crippen LogP contribution >= 0.6 is 46.4 Å². The van der Waals surface area contributed by atoms with Gasteiger partial charge in [0.2, 0.25) is 0 Å². The number of hydrogen-bond donors (Lipinski definition) is 1. The molecular formula is C24H19ClIN3O2S. The molecule has 2 aromatic carbocycles. The number of carbonyl (C=O) groups is 2. The summed E-state index contributed by atoms with van der Waals surface area (Å²) >= 11 is 13.8. The van der Waals surface area contributed by atoms with Crippen molar-refractivity contribution in [3.05, 3.63) is 85.2 Å². The van der Waals surface area contributed by atoms with Crippen molar-refractivity contribution in [2.45, 2.75) is 20.8 Å². The van der Waals surface area contributed by atoms with Crippen molar-refractivity contribution >= 4 is 75.1 Å². The molecule has 1 aliphatic heterocycles. The van der Waals surface area contributed by atoms with Gasteiger partial charge in [0.1, 0.15) is 5.57 Å². The van der Waals surface area contributed by atoms with E-state index in [2.05, 4.69) is 38.5 Å². The lowest BCUT2D eigenvalue weighted by Crippen LogP contribution is -2.54. The van der Waals surface area contributed by atoms with Crippen molar-refractivity contribution < 1.29 is 9.59 Å². The molecule has 0 bridgehead atoms. The van der Waals surface area contributed by atoms with Crippen molar-refractivity contribution in [2.24, 2.45) is 0 Å². The molecule has 1 fully saturated rings. The molecule has 3 aromatic rings. The molecule has 0 spiro atoms. The number of hydrogen-bond acceptors (Lipinski definition) is 3. The van der Waals surface area contributed by atoms with E-state index in [4.69, 9.17) is 23.8 Å². The van der Waals surface area contributed by atoms with Crippen LogP contribution in [-0.4, -0.2) is 21.5 Å². The first-order chi connectivity index (χ1) is 15.2. The lowest BCUT2D eigenvalue weighted by molar-refractivity contribution is -0.122. The highest BCUT2D eigenvalue weighted by Crippen LogP contribution is 2.30. The summed E-state index contributed by atoms with van der Waals surface area (Å²) in [6.07, 6.45) is 1.62. The van der Waals surface area contributed by atoms with Gasteiger partial charge < -0.3 is 4.57 Å². The van der Waals surface area contributed by atoms with Crippen LogP contribution in [0.5, 0.6) is 0 Å². The molecule has 162 valence electrons. The number of rotatable bonds is 3. The molecular weight excluding hydrogens is 557 g/mol. The number of nitrogens with one attached hydrogen (secondary N) is 1. The summed E-state index contributed by atoms with van der Waals surface area (Å²) in [6, 6.07) is 15.3. The highest BCUT2D eigenvalue weighted by Gasteiger charge is 2.35. The summed E-state index contributed by atoms with van der Waals surface area (Å²) in [5, 5.41) is 3.18. The number of halogens is 2. The molecule has 0 unspecified atom stereocenters. The predicted octanol–water partition coefficient (Wildman–Crippen LogP) is 5.49. The second-order valence-corrected chi connectivity index (χ2v) is 9.52. The van der Waals surface area contributed by atoms with Gasteiger partial charge in [-0.15, -0.1) is 0 Å². The Bertz CT molecular complexity index is 1330. The molecule has 0 atom stereocenters. The highest BCUT2D eigenvalue weighted by molar-refractivity contribution is 14.1. The van der Waals surface area contributed by atoms with Crippen molar-refractivity contribution in [2.75, 3.05) is 4.90 Å². The summed E-state index contributed by atoms with van der Waals surface area (Å²) < 4.78 is 3.22. The number of aryl methyl sites for hydroxylation is 1. The average Bonchev–Trinajstić information content (AvgIpc) is 3.01. The lowest BCUT2D eigenvalue weighted by atomic mass is 10.1. The Labute approximate surface area is 210 Å². The molecule has 0 radical (unpaired) electrons. The third-order valence-electron chi connectivity index (χ3n) is 5.42. The van der Waals surface area contributed by atoms with Crippen molar-refractivity contribution in [3.8, 4) is 5.69 Å². The van der Waals surface area contributed by atoms with Crippen LogP contribution in [0.3, 0.4) is 0 Å². The normalized spacial score (nSPS) is 15.5. The number of anilines is 1. The van der Waals surface area contributed by atoms with Gasteiger partial charge in [-0.1, -0.05) is 23.7 Å². The standard InChI is InChI=1S/C24H19ClIN3O2S/c1-13-10-16(15(3)28(13)18-7-4-6-17(26)12-18)11-19-22(30)27-24(32)29(23(19)31)21-9-5-8-20(25)14(21)2/h4-12H,1-3H3,(H,27,30,32)/b19-11+. The smallest absolute Gasteiger partial charge is 0.270 e. The minimum Gasteiger partial charge on any atom is -0.318 e. The Morgan fingerprint density at radius 3 is 2.50 bits per heavy atom. The van der Waals surface area contributed by atoms with Crippen LogP contribution in [0.2, 0.25) is 5.02 Å². The first-order valence-corrected chi connectivity index (χ1v) is 11.7. The maximum Gasteiger partial charge on any atom is 0.270 e. The molecule has 1 aromatic heterocycles. The summed E-state index contributed by atoms with van der Waals surface area (Å²) in [4.78, 5) is 27.4. The van der Waals surface area contributed by atoms with Gasteiger partial charge in [0, 0.05) is 25.7 Å². The van der Waals surface area contributed by atoms with Crippen LogP contribution in [-0.2, 0) is 9.59 Å². The molecule has 1 aliphatic rings. The van der Waals surface area contributed by atoms with Crippen molar-refractivity contribution in [3.63, 3.8) is 0 Å². The monoisotopic (exact) mass is 575 g/mol. The number of carbonyl (C=O) groups excluding carboxylic acids is 2. The molecule has 8 heteroatoms. The van der Waals surface area contributed by atoms with Crippen LogP contribution in [0.25, 0.3) is 11.8 Å². The first-order valence-electron chi connectivity index (χ1n) is 9.80. The number of nitrogens with zero attached hydrogens (tertiary/aromatic N) is 2. The summed E-state index contributed by atoms with van der Waals surface area (Å²) in [6.45, 7) is 5.77. The van der Waals surface area contributed by atoms with Crippen LogP contribution in [0.1, 0.15) is 22.5 Å². The van der Waals surface area contributed by atoms with E-state index in [0.29, 0.717) is 16.3 Å². The van der Waals surface area contributed by atoms with Gasteiger partial charge in [-0.3, -0.25) is 19.8 Å². The molecule has 32 heavy (non-hydrogen) atoms. The molecule has 5 nitrogen and oxygen atoms in total. The molecule has 2 heterocycles. The Balaban J connectivity index is 1.79. The fourth-order valence-corrected chi connectivity index (χ4v) is 4.79. The number of thiocarbonyl (C=S) groups is 1. The van der Waals surface area contributed by atoms with Crippen LogP contribution in [0.15, 0.2) is 54.1 Å². The molecule has 4 rings (SSSR count). The topological polar surface area (TPSA) is 54.3 Å². The molecule has 0 saturated carbocycles. The van der Waals surface area contributed by atoms with Gasteiger partial charge >= 0.3 is 0 Å². The largest absolute Gasteiger partial charge is 0.318 e. The first kappa shape index (κ1) is 22.7. The fraction of sp³-hybridized carbons (Fsp3) is 0.125. The Morgan fingerprint density at radius 1 is 1.06 bits per heavy atom. The number of aromatic nitrogens is 1. The maximum absolute atomic E-state index is 13.4. The maximum atomic E-state index is 13.4. The van der Waals surface area contributed by atoms with Crippen LogP contribution < -0.4 is 10.2 Å². The average molecular weight is 576 g/mol. The Hall–Kier alpha value is -2.49. The van der Waals surface area contributed by atoms with E-state index in [1.807, 2.05) is 45.0 Å². The minimum atomic E-state index is -0.519. The van der Waals surface area contributed by atoms with E-state index in [1.54, 1.807) is 24.3 Å². The molecule has 2 amide bonds. The summed E-state index contributed by atoms with van der Waals surface area (Å²) in [5.41, 5.74) is 5.00. The lowest BCUT2D eigenvalue weighted by Gasteiger charge is -2.30. The SMILES string of the molecule is Cc1c(Cl)cccc1N1C(=O)/C(=C/c2cc(C)n(-c3cccc(I)c3)c2C)C(=O)NC1=S. The van der Waals surface area contributed by atoms with Gasteiger partial charge in [0.15, 0.2) is 5.11 Å². The fourth-order valence-electron chi connectivity index (χ4n) is 3.82. The van der Waals surface area contributed by atoms with Gasteiger partial charge in [-0.2, -0.15) is 0 Å². The molecule has 0 aliphatic carbocycles. The van der Waals surface area contributed by atoms with Crippen LogP contribution in [0.4, 0.5) is 5.69 Å². The van der Waals surface area contributed by atoms with E-state index < -0.39 is 11.8 Å². The highest BCUT2D eigenvalue weighted by atomic mass is 127. The van der Waals surface area contributed by atoms with E-state index >= 15 is 0 Å². The number of amides is 2. The van der Waals surface area contributed by atoms with E-state index in [9.17, 15) is 9.59 Å². The van der Waals surface area contributed by atoms with Crippen molar-refractivity contribution in [1.29, 1.82) is 0 Å². The van der Waals surface area contributed by atoms with E-state index in [1.165, 1.54) is 4.90 Å². The predicted molar refractivity (Wildman–Crippen MR) is 140 cm³/mol. The third kappa shape index (κ3) is 4.00. The third-order valence-corrected chi connectivity index (χ3v) is 6.78. The van der Waals surface area contributed by atoms with Gasteiger partial charge in [-0.05, 0) is 109 Å². The zero-order chi connectivity index (χ0) is 23.2. The molecule has 1 N–H and O–H groups in total. The molecule has 1 saturated heterocycles.